The van der Waals surface area contributed by atoms with E-state index in [-0.39, 0.29) is 64.8 Å². The lowest BCUT2D eigenvalue weighted by Gasteiger charge is -2.32. The number of pyridine rings is 1. The van der Waals surface area contributed by atoms with Crippen molar-refractivity contribution in [3.63, 3.8) is 0 Å². The summed E-state index contributed by atoms with van der Waals surface area (Å²) in [6, 6.07) is 11.5. The van der Waals surface area contributed by atoms with Crippen LogP contribution in [0.15, 0.2) is 47.4 Å². The van der Waals surface area contributed by atoms with Crippen LogP contribution in [0.1, 0.15) is 43.4 Å². The van der Waals surface area contributed by atoms with Crippen LogP contribution in [0.4, 0.5) is 0 Å². The van der Waals surface area contributed by atoms with Gasteiger partial charge in [0.2, 0.25) is 15.9 Å². The molecule has 1 aromatic heterocycles. The van der Waals surface area contributed by atoms with Crippen LogP contribution in [-0.4, -0.2) is 66.7 Å². The number of nitrogens with one attached hydrogen (secondary N) is 2. The molecular weight excluding hydrogens is 682 g/mol. The van der Waals surface area contributed by atoms with Crippen LogP contribution in [0.25, 0.3) is 10.9 Å². The zero-order valence-electron chi connectivity index (χ0n) is 24.8. The number of aryl methyl sites for hydroxylation is 1. The van der Waals surface area contributed by atoms with E-state index in [0.29, 0.717) is 42.1 Å². The van der Waals surface area contributed by atoms with E-state index in [4.69, 9.17) is 39.1 Å². The number of fused-ring (bicyclic) bond motifs is 1. The van der Waals surface area contributed by atoms with Gasteiger partial charge in [-0.25, -0.2) is 13.4 Å². The Bertz CT molecular complexity index is 1640. The van der Waals surface area contributed by atoms with E-state index in [2.05, 4.69) is 10.3 Å². The van der Waals surface area contributed by atoms with Crippen molar-refractivity contribution >= 4 is 80.8 Å². The highest BCUT2D eigenvalue weighted by Gasteiger charge is 2.40. The zero-order valence-corrected chi connectivity index (χ0v) is 28.8. The third-order valence-corrected chi connectivity index (χ3v) is 11.1. The van der Waals surface area contributed by atoms with Gasteiger partial charge in [-0.2, -0.15) is 4.31 Å². The predicted octanol–water partition coefficient (Wildman–Crippen LogP) is 5.54. The third-order valence-electron chi connectivity index (χ3n) is 8.25. The molecule has 3 heterocycles. The Kier molecular flexibility index (Phi) is 13.0. The number of likely N-dealkylation sites (tertiary alicyclic amines) is 1. The molecule has 10 nitrogen and oxygen atoms in total. The molecule has 0 bridgehead atoms. The minimum atomic E-state index is -4.11. The summed E-state index contributed by atoms with van der Waals surface area (Å²) >= 11 is 13.2. The molecule has 2 aliphatic rings. The lowest BCUT2D eigenvalue weighted by molar-refractivity contribution is -0.124. The molecule has 246 valence electrons. The summed E-state index contributed by atoms with van der Waals surface area (Å²) in [5.41, 5.74) is 7.44. The first-order valence-corrected chi connectivity index (χ1v) is 16.6. The average Bonchev–Trinajstić information content (AvgIpc) is 3.49. The number of ether oxygens (including phenoxy) is 1. The van der Waals surface area contributed by atoms with Crippen molar-refractivity contribution in [1.29, 1.82) is 5.41 Å². The second-order valence-corrected chi connectivity index (χ2v) is 13.7. The summed E-state index contributed by atoms with van der Waals surface area (Å²) in [5.74, 6) is 0.727. The van der Waals surface area contributed by atoms with E-state index in [1.807, 2.05) is 36.1 Å². The second-order valence-electron chi connectivity index (χ2n) is 11.1. The molecule has 1 atom stereocenters. The number of amides is 1. The zero-order chi connectivity index (χ0) is 30.7. The smallest absolute Gasteiger partial charge is 0.245 e. The average molecular weight is 721 g/mol. The summed E-state index contributed by atoms with van der Waals surface area (Å²) in [6.07, 6.45) is 3.58. The highest BCUT2D eigenvalue weighted by Crippen LogP contribution is 2.36. The summed E-state index contributed by atoms with van der Waals surface area (Å²) in [7, 11) is -4.11. The number of piperidine rings is 1. The number of benzene rings is 2. The highest BCUT2D eigenvalue weighted by molar-refractivity contribution is 7.89. The van der Waals surface area contributed by atoms with Crippen LogP contribution in [0, 0.1) is 18.3 Å². The fourth-order valence-electron chi connectivity index (χ4n) is 5.79. The SMILES string of the molecule is Cc1ccc2cccc(OCc3c(Cl)ccc(S(=O)(=O)N4CCC[C@H]4C(=O)NCCC4CCN(C(=N)N)CC4)c3Cl)c2n1.Cl.Cl. The monoisotopic (exact) mass is 718 g/mol. The molecule has 2 fully saturated rings. The summed E-state index contributed by atoms with van der Waals surface area (Å²) in [5, 5.41) is 11.7. The predicted molar refractivity (Wildman–Crippen MR) is 183 cm³/mol. The van der Waals surface area contributed by atoms with Gasteiger partial charge in [0.05, 0.1) is 5.02 Å². The number of nitrogens with two attached hydrogens (primary N) is 1. The number of hydrogen-bond donors (Lipinski definition) is 3. The van der Waals surface area contributed by atoms with E-state index in [9.17, 15) is 13.2 Å². The number of rotatable bonds is 9. The van der Waals surface area contributed by atoms with Crippen molar-refractivity contribution in [2.45, 2.75) is 56.6 Å². The number of guanidine groups is 1. The Morgan fingerprint density at radius 1 is 1.09 bits per heavy atom. The van der Waals surface area contributed by atoms with E-state index in [0.717, 1.165) is 43.4 Å². The molecule has 1 amide bonds. The van der Waals surface area contributed by atoms with Gasteiger partial charge < -0.3 is 20.7 Å². The second kappa shape index (κ2) is 15.8. The summed E-state index contributed by atoms with van der Waals surface area (Å²) < 4.78 is 35.0. The molecule has 0 saturated carbocycles. The van der Waals surface area contributed by atoms with Crippen molar-refractivity contribution in [3.8, 4) is 5.75 Å². The van der Waals surface area contributed by atoms with Crippen molar-refractivity contribution in [2.75, 3.05) is 26.2 Å². The van der Waals surface area contributed by atoms with Gasteiger partial charge in [-0.05, 0) is 69.2 Å². The fraction of sp³-hybridized carbons (Fsp3) is 0.433. The maximum Gasteiger partial charge on any atom is 0.245 e. The van der Waals surface area contributed by atoms with Crippen molar-refractivity contribution in [2.24, 2.45) is 11.7 Å². The minimum absolute atomic E-state index is 0. The van der Waals surface area contributed by atoms with E-state index in [1.165, 1.54) is 16.4 Å². The molecule has 15 heteroatoms. The normalized spacial score (nSPS) is 17.4. The van der Waals surface area contributed by atoms with Crippen molar-refractivity contribution in [1.82, 2.24) is 19.5 Å². The van der Waals surface area contributed by atoms with Gasteiger partial charge in [-0.1, -0.05) is 41.4 Å². The van der Waals surface area contributed by atoms with Crippen LogP contribution >= 0.6 is 48.0 Å². The number of aromatic nitrogens is 1. The first-order valence-electron chi connectivity index (χ1n) is 14.4. The molecule has 2 aromatic carbocycles. The Balaban J connectivity index is 0.00000276. The molecule has 45 heavy (non-hydrogen) atoms. The van der Waals surface area contributed by atoms with Crippen LogP contribution < -0.4 is 15.8 Å². The lowest BCUT2D eigenvalue weighted by Crippen LogP contribution is -2.46. The number of para-hydroxylation sites is 1. The molecule has 2 saturated heterocycles. The summed E-state index contributed by atoms with van der Waals surface area (Å²) in [4.78, 5) is 19.5. The standard InChI is InChI=1S/C30H36Cl2N6O4S.2ClH/c1-19-7-8-21-4-2-6-25(28(21)36-19)42-18-22-23(31)9-10-26(27(22)32)43(40,41)38-15-3-5-24(38)29(39)35-14-11-20-12-16-37(17-13-20)30(33)34;;/h2,4,6-10,20,24H,3,5,11-18H2,1H3,(H3,33,34)(H,35,39);2*1H/t24-;;/m0../s1. The maximum atomic E-state index is 13.9. The molecule has 0 aliphatic carbocycles. The van der Waals surface area contributed by atoms with Crippen LogP contribution in [0.3, 0.4) is 0 Å². The third kappa shape index (κ3) is 8.25. The van der Waals surface area contributed by atoms with Crippen molar-refractivity contribution < 1.29 is 17.9 Å². The largest absolute Gasteiger partial charge is 0.487 e. The minimum Gasteiger partial charge on any atom is -0.487 e. The molecule has 0 radical (unpaired) electrons. The summed E-state index contributed by atoms with van der Waals surface area (Å²) in [6.45, 7) is 3.97. The molecule has 5 rings (SSSR count). The van der Waals surface area contributed by atoms with Crippen LogP contribution in [0.2, 0.25) is 10.0 Å². The first-order chi connectivity index (χ1) is 20.6. The highest BCUT2D eigenvalue weighted by atomic mass is 35.5. The Morgan fingerprint density at radius 2 is 1.82 bits per heavy atom. The van der Waals surface area contributed by atoms with Gasteiger partial charge in [0.25, 0.3) is 0 Å². The van der Waals surface area contributed by atoms with Gasteiger partial charge in [0.1, 0.15) is 28.8 Å². The molecule has 0 spiro atoms. The van der Waals surface area contributed by atoms with E-state index < -0.39 is 16.1 Å². The fourth-order valence-corrected chi connectivity index (χ4v) is 8.31. The van der Waals surface area contributed by atoms with E-state index >= 15 is 0 Å². The Hall–Kier alpha value is -2.54. The number of carbonyl (C=O) groups is 1. The Morgan fingerprint density at radius 3 is 2.53 bits per heavy atom. The molecule has 2 aliphatic heterocycles. The van der Waals surface area contributed by atoms with Gasteiger partial charge in [-0.3, -0.25) is 10.2 Å². The number of nitrogens with zero attached hydrogens (tertiary/aromatic N) is 3. The number of hydrogen-bond acceptors (Lipinski definition) is 6. The molecular formula is C30H38Cl4N6O4S. The maximum absolute atomic E-state index is 13.9. The topological polar surface area (TPSA) is 142 Å². The Labute approximate surface area is 286 Å². The quantitative estimate of drug-likeness (QED) is 0.195. The van der Waals surface area contributed by atoms with Crippen LogP contribution in [-0.2, 0) is 21.4 Å². The van der Waals surface area contributed by atoms with Gasteiger partial charge >= 0.3 is 0 Å². The first kappa shape index (κ1) is 36.9. The van der Waals surface area contributed by atoms with E-state index in [1.54, 1.807) is 6.07 Å². The van der Waals surface area contributed by atoms with Gasteiger partial charge in [-0.15, -0.1) is 24.8 Å². The molecule has 0 unspecified atom stereocenters. The number of sulfonamides is 1. The molecule has 3 aromatic rings. The van der Waals surface area contributed by atoms with Crippen LogP contribution in [0.5, 0.6) is 5.75 Å². The van der Waals surface area contributed by atoms with Gasteiger partial charge in [0.15, 0.2) is 5.96 Å². The number of halogens is 4. The lowest BCUT2D eigenvalue weighted by atomic mass is 9.93. The molecule has 4 N–H and O–H groups in total. The van der Waals surface area contributed by atoms with Crippen molar-refractivity contribution in [3.05, 3.63) is 63.8 Å². The number of carbonyl (C=O) groups excluding carboxylic acids is 1. The van der Waals surface area contributed by atoms with Gasteiger partial charge in [0, 0.05) is 47.8 Å².